The Morgan fingerprint density at radius 2 is 2.00 bits per heavy atom. The number of rotatable bonds is 7. The van der Waals surface area contributed by atoms with Crippen LogP contribution in [0.1, 0.15) is 39.0 Å². The monoisotopic (exact) mass is 381 g/mol. The highest BCUT2D eigenvalue weighted by Gasteiger charge is 2.15. The van der Waals surface area contributed by atoms with Crippen LogP contribution in [0.3, 0.4) is 0 Å². The summed E-state index contributed by atoms with van der Waals surface area (Å²) in [6.07, 6.45) is 4.61. The summed E-state index contributed by atoms with van der Waals surface area (Å²) >= 11 is 3.13. The SMILES string of the molecule is CCCCCCC(=O)Nc1ccc(S(=O)(=O)Cl)c(Br)c1. The number of nitrogens with one attached hydrogen (secondary N) is 1. The molecule has 0 spiro atoms. The van der Waals surface area contributed by atoms with Crippen molar-refractivity contribution in [2.24, 2.45) is 0 Å². The molecule has 1 N–H and O–H groups in total. The van der Waals surface area contributed by atoms with Crippen LogP contribution in [0.25, 0.3) is 0 Å². The summed E-state index contributed by atoms with van der Waals surface area (Å²) in [5.41, 5.74) is 0.543. The lowest BCUT2D eigenvalue weighted by Crippen LogP contribution is -2.11. The summed E-state index contributed by atoms with van der Waals surface area (Å²) in [5.74, 6) is -0.0746. The summed E-state index contributed by atoms with van der Waals surface area (Å²) in [5, 5.41) is 2.73. The van der Waals surface area contributed by atoms with E-state index in [0.29, 0.717) is 16.6 Å². The average molecular weight is 383 g/mol. The van der Waals surface area contributed by atoms with Gasteiger partial charge in [0.2, 0.25) is 5.91 Å². The third kappa shape index (κ3) is 5.81. The van der Waals surface area contributed by atoms with Crippen molar-refractivity contribution in [3.63, 3.8) is 0 Å². The number of hydrogen-bond donors (Lipinski definition) is 1. The predicted molar refractivity (Wildman–Crippen MR) is 84.6 cm³/mol. The molecule has 0 fully saturated rings. The Morgan fingerprint density at radius 1 is 1.30 bits per heavy atom. The number of unbranched alkanes of at least 4 members (excludes halogenated alkanes) is 3. The van der Waals surface area contributed by atoms with Gasteiger partial charge in [-0.1, -0.05) is 26.2 Å². The van der Waals surface area contributed by atoms with Crippen molar-refractivity contribution in [1.29, 1.82) is 0 Å². The van der Waals surface area contributed by atoms with E-state index in [4.69, 9.17) is 10.7 Å². The summed E-state index contributed by atoms with van der Waals surface area (Å²) in [6.45, 7) is 2.12. The summed E-state index contributed by atoms with van der Waals surface area (Å²) in [7, 11) is 1.49. The van der Waals surface area contributed by atoms with Gasteiger partial charge in [-0.3, -0.25) is 4.79 Å². The third-order valence-electron chi connectivity index (χ3n) is 2.74. The van der Waals surface area contributed by atoms with Crippen LogP contribution in [-0.4, -0.2) is 14.3 Å². The first-order valence-corrected chi connectivity index (χ1v) is 9.49. The van der Waals surface area contributed by atoms with Gasteiger partial charge in [-0.2, -0.15) is 0 Å². The Hall–Kier alpha value is -0.590. The van der Waals surface area contributed by atoms with Gasteiger partial charge in [-0.05, 0) is 40.5 Å². The maximum atomic E-state index is 11.7. The number of hydrogen-bond acceptors (Lipinski definition) is 3. The molecule has 112 valence electrons. The second-order valence-corrected chi connectivity index (χ2v) is 7.83. The fraction of sp³-hybridized carbons (Fsp3) is 0.462. The molecule has 0 radical (unpaired) electrons. The minimum atomic E-state index is -3.79. The molecule has 4 nitrogen and oxygen atoms in total. The first kappa shape index (κ1) is 17.5. The fourth-order valence-electron chi connectivity index (χ4n) is 1.71. The molecule has 0 unspecified atom stereocenters. The van der Waals surface area contributed by atoms with Crippen LogP contribution >= 0.6 is 26.6 Å². The molecule has 20 heavy (non-hydrogen) atoms. The lowest BCUT2D eigenvalue weighted by Gasteiger charge is -2.07. The number of halogens is 2. The van der Waals surface area contributed by atoms with Gasteiger partial charge in [-0.15, -0.1) is 0 Å². The van der Waals surface area contributed by atoms with Crippen LogP contribution in [0.15, 0.2) is 27.6 Å². The highest BCUT2D eigenvalue weighted by Crippen LogP contribution is 2.28. The van der Waals surface area contributed by atoms with Crippen molar-refractivity contribution in [2.75, 3.05) is 5.32 Å². The summed E-state index contributed by atoms with van der Waals surface area (Å²) in [6, 6.07) is 4.41. The first-order valence-electron chi connectivity index (χ1n) is 6.38. The van der Waals surface area contributed by atoms with Gasteiger partial charge in [-0.25, -0.2) is 8.42 Å². The van der Waals surface area contributed by atoms with Crippen LogP contribution in [0.5, 0.6) is 0 Å². The second-order valence-electron chi connectivity index (χ2n) is 4.44. The summed E-state index contributed by atoms with van der Waals surface area (Å²) in [4.78, 5) is 11.7. The first-order chi connectivity index (χ1) is 9.34. The third-order valence-corrected chi connectivity index (χ3v) is 5.03. The molecule has 0 atom stereocenters. The van der Waals surface area contributed by atoms with Crippen molar-refractivity contribution in [1.82, 2.24) is 0 Å². The quantitative estimate of drug-likeness (QED) is 0.565. The smallest absolute Gasteiger partial charge is 0.262 e. The second kappa shape index (κ2) is 8.00. The van der Waals surface area contributed by atoms with Crippen LogP contribution in [0.2, 0.25) is 0 Å². The standard InChI is InChI=1S/C13H17BrClNO3S/c1-2-3-4-5-6-13(17)16-10-7-8-12(11(14)9-10)20(15,18)19/h7-9H,2-6H2,1H3,(H,16,17). The van der Waals surface area contributed by atoms with Crippen LogP contribution in [-0.2, 0) is 13.8 Å². The molecule has 0 aliphatic carbocycles. The van der Waals surface area contributed by atoms with Crippen molar-refractivity contribution in [3.8, 4) is 0 Å². The van der Waals surface area contributed by atoms with E-state index in [1.54, 1.807) is 0 Å². The Bertz CT molecular complexity index is 575. The van der Waals surface area contributed by atoms with Crippen molar-refractivity contribution in [2.45, 2.75) is 43.9 Å². The average Bonchev–Trinajstić information content (AvgIpc) is 2.33. The molecule has 0 aliphatic rings. The largest absolute Gasteiger partial charge is 0.326 e. The van der Waals surface area contributed by atoms with Gasteiger partial charge in [0.25, 0.3) is 9.05 Å². The van der Waals surface area contributed by atoms with E-state index < -0.39 is 9.05 Å². The molecular formula is C13H17BrClNO3S. The lowest BCUT2D eigenvalue weighted by molar-refractivity contribution is -0.116. The van der Waals surface area contributed by atoms with Gasteiger partial charge >= 0.3 is 0 Å². The molecule has 7 heteroatoms. The normalized spacial score (nSPS) is 11.3. The van der Waals surface area contributed by atoms with E-state index in [9.17, 15) is 13.2 Å². The zero-order chi connectivity index (χ0) is 15.2. The molecule has 1 rings (SSSR count). The zero-order valence-corrected chi connectivity index (χ0v) is 14.3. The minimum absolute atomic E-state index is 0.0138. The molecule has 0 aromatic heterocycles. The van der Waals surface area contributed by atoms with Gasteiger partial charge in [0.15, 0.2) is 0 Å². The number of carbonyl (C=O) groups excluding carboxylic acids is 1. The maximum absolute atomic E-state index is 11.7. The van der Waals surface area contributed by atoms with E-state index >= 15 is 0 Å². The van der Waals surface area contributed by atoms with E-state index in [0.717, 1.165) is 25.7 Å². The highest BCUT2D eigenvalue weighted by atomic mass is 79.9. The van der Waals surface area contributed by atoms with Crippen molar-refractivity contribution >= 4 is 47.3 Å². The molecular weight excluding hydrogens is 366 g/mol. The molecule has 1 amide bonds. The maximum Gasteiger partial charge on any atom is 0.262 e. The van der Waals surface area contributed by atoms with E-state index in [1.165, 1.54) is 18.2 Å². The van der Waals surface area contributed by atoms with Crippen LogP contribution in [0, 0.1) is 0 Å². The lowest BCUT2D eigenvalue weighted by atomic mass is 10.1. The minimum Gasteiger partial charge on any atom is -0.326 e. The molecule has 1 aromatic rings. The van der Waals surface area contributed by atoms with Gasteiger partial charge in [0.1, 0.15) is 0 Å². The number of benzene rings is 1. The van der Waals surface area contributed by atoms with Crippen molar-refractivity contribution in [3.05, 3.63) is 22.7 Å². The number of carbonyl (C=O) groups is 1. The molecule has 0 saturated carbocycles. The zero-order valence-electron chi connectivity index (χ0n) is 11.2. The highest BCUT2D eigenvalue weighted by molar-refractivity contribution is 9.10. The topological polar surface area (TPSA) is 63.2 Å². The van der Waals surface area contributed by atoms with Crippen LogP contribution < -0.4 is 5.32 Å². The van der Waals surface area contributed by atoms with E-state index in [-0.39, 0.29) is 10.8 Å². The van der Waals surface area contributed by atoms with Crippen LogP contribution in [0.4, 0.5) is 5.69 Å². The Morgan fingerprint density at radius 3 is 2.55 bits per heavy atom. The Kier molecular flexibility index (Phi) is 6.99. The molecule has 0 aliphatic heterocycles. The fourth-order valence-corrected chi connectivity index (χ4v) is 3.94. The van der Waals surface area contributed by atoms with Crippen molar-refractivity contribution < 1.29 is 13.2 Å². The number of amides is 1. The Labute approximate surface area is 132 Å². The molecule has 0 saturated heterocycles. The van der Waals surface area contributed by atoms with Gasteiger partial charge < -0.3 is 5.32 Å². The summed E-state index contributed by atoms with van der Waals surface area (Å²) < 4.78 is 22.8. The number of anilines is 1. The van der Waals surface area contributed by atoms with E-state index in [1.807, 2.05) is 0 Å². The van der Waals surface area contributed by atoms with Gasteiger partial charge in [0, 0.05) is 27.3 Å². The predicted octanol–water partition coefficient (Wildman–Crippen LogP) is 4.29. The van der Waals surface area contributed by atoms with Gasteiger partial charge in [0.05, 0.1) is 4.90 Å². The molecule has 0 bridgehead atoms. The molecule has 1 aromatic carbocycles. The Balaban J connectivity index is 2.61. The van der Waals surface area contributed by atoms with E-state index in [2.05, 4.69) is 28.2 Å². The molecule has 0 heterocycles.